The molecule has 0 saturated heterocycles. The van der Waals surface area contributed by atoms with E-state index in [0.29, 0.717) is 18.8 Å². The van der Waals surface area contributed by atoms with Crippen molar-refractivity contribution in [1.82, 2.24) is 19.7 Å². The van der Waals surface area contributed by atoms with Crippen LogP contribution in [0.4, 0.5) is 0 Å². The molecule has 2 heterocycles. The minimum absolute atomic E-state index is 0.160. The van der Waals surface area contributed by atoms with E-state index >= 15 is 0 Å². The molecule has 0 N–H and O–H groups in total. The number of Topliss-reactive ketones (excluding diaryl/α,β-unsaturated/α-hetero) is 1. The number of nitriles is 1. The second-order valence-corrected chi connectivity index (χ2v) is 7.83. The van der Waals surface area contributed by atoms with E-state index in [1.54, 1.807) is 0 Å². The molecule has 0 fully saturated rings. The first-order valence-corrected chi connectivity index (χ1v) is 10.1. The summed E-state index contributed by atoms with van der Waals surface area (Å²) < 4.78 is 1.98. The molecule has 0 aliphatic carbocycles. The van der Waals surface area contributed by atoms with Crippen LogP contribution < -0.4 is 0 Å². The average molecular weight is 402 g/mol. The van der Waals surface area contributed by atoms with Gasteiger partial charge in [-0.15, -0.1) is 0 Å². The van der Waals surface area contributed by atoms with Crippen LogP contribution in [0.5, 0.6) is 0 Å². The van der Waals surface area contributed by atoms with E-state index in [2.05, 4.69) is 52.3 Å². The monoisotopic (exact) mass is 401 g/mol. The largest absolute Gasteiger partial charge is 0.298 e. The minimum atomic E-state index is -0.938. The topological polar surface area (TPSA) is 84.5 Å². The summed E-state index contributed by atoms with van der Waals surface area (Å²) in [6, 6.07) is 12.3. The highest BCUT2D eigenvalue weighted by molar-refractivity contribution is 5.87. The van der Waals surface area contributed by atoms with Gasteiger partial charge in [0, 0.05) is 23.5 Å². The summed E-state index contributed by atoms with van der Waals surface area (Å²) in [5.74, 6) is -0.803. The third-order valence-electron chi connectivity index (χ3n) is 5.31. The van der Waals surface area contributed by atoms with Crippen LogP contribution in [0.15, 0.2) is 30.3 Å². The molecule has 1 aromatic carbocycles. The molecule has 6 heteroatoms. The highest BCUT2D eigenvalue weighted by atomic mass is 16.1. The van der Waals surface area contributed by atoms with Crippen molar-refractivity contribution in [2.75, 3.05) is 0 Å². The van der Waals surface area contributed by atoms with E-state index in [0.717, 1.165) is 28.3 Å². The predicted molar refractivity (Wildman–Crippen MR) is 115 cm³/mol. The average Bonchev–Trinajstić information content (AvgIpc) is 2.94. The number of carbonyl (C=O) groups excluding carboxylic acids is 1. The molecular formula is C24H27N5O. The van der Waals surface area contributed by atoms with E-state index in [-0.39, 0.29) is 12.2 Å². The Morgan fingerprint density at radius 2 is 1.70 bits per heavy atom. The fourth-order valence-corrected chi connectivity index (χ4v) is 3.66. The van der Waals surface area contributed by atoms with Crippen LogP contribution in [0.2, 0.25) is 0 Å². The van der Waals surface area contributed by atoms with Gasteiger partial charge in [-0.1, -0.05) is 29.8 Å². The fraction of sp³-hybridized carbons (Fsp3) is 0.375. The summed E-state index contributed by atoms with van der Waals surface area (Å²) >= 11 is 0. The Bertz CT molecular complexity index is 1090. The molecule has 0 aliphatic rings. The Kier molecular flexibility index (Phi) is 6.41. The lowest BCUT2D eigenvalue weighted by Gasteiger charge is -2.09. The lowest BCUT2D eigenvalue weighted by molar-refractivity contribution is -0.119. The van der Waals surface area contributed by atoms with Crippen LogP contribution in [0.3, 0.4) is 0 Å². The quantitative estimate of drug-likeness (QED) is 0.596. The first-order valence-electron chi connectivity index (χ1n) is 10.1. The molecule has 3 rings (SSSR count). The Balaban J connectivity index is 1.73. The minimum Gasteiger partial charge on any atom is -0.298 e. The summed E-state index contributed by atoms with van der Waals surface area (Å²) in [4.78, 5) is 21.4. The number of hydrogen-bond donors (Lipinski definition) is 0. The summed E-state index contributed by atoms with van der Waals surface area (Å²) in [6.45, 7) is 10.4. The number of aryl methyl sites for hydroxylation is 4. The van der Waals surface area contributed by atoms with Crippen molar-refractivity contribution in [3.63, 3.8) is 0 Å². The molecular weight excluding hydrogens is 374 g/mol. The first kappa shape index (κ1) is 21.4. The van der Waals surface area contributed by atoms with Crippen LogP contribution in [0.25, 0.3) is 0 Å². The number of aromatic nitrogens is 4. The zero-order valence-electron chi connectivity index (χ0n) is 18.2. The molecule has 0 bridgehead atoms. The Labute approximate surface area is 177 Å². The van der Waals surface area contributed by atoms with Gasteiger partial charge in [0.1, 0.15) is 0 Å². The van der Waals surface area contributed by atoms with Gasteiger partial charge in [-0.25, -0.2) is 9.97 Å². The van der Waals surface area contributed by atoms with Gasteiger partial charge >= 0.3 is 0 Å². The van der Waals surface area contributed by atoms with Crippen LogP contribution in [0.1, 0.15) is 57.6 Å². The molecule has 30 heavy (non-hydrogen) atoms. The normalized spacial score (nSPS) is 11.9. The van der Waals surface area contributed by atoms with Gasteiger partial charge in [-0.2, -0.15) is 10.4 Å². The number of benzene rings is 1. The van der Waals surface area contributed by atoms with Crippen LogP contribution in [-0.4, -0.2) is 25.5 Å². The molecule has 1 unspecified atom stereocenters. The van der Waals surface area contributed by atoms with Gasteiger partial charge in [-0.05, 0) is 58.2 Å². The molecule has 0 saturated carbocycles. The molecule has 0 amide bonds. The summed E-state index contributed by atoms with van der Waals surface area (Å²) in [6.07, 6.45) is 0.805. The van der Waals surface area contributed by atoms with E-state index in [4.69, 9.17) is 0 Å². The Hall–Kier alpha value is -3.33. The van der Waals surface area contributed by atoms with E-state index in [1.165, 1.54) is 11.1 Å². The van der Waals surface area contributed by atoms with Crippen LogP contribution >= 0.6 is 0 Å². The molecule has 0 radical (unpaired) electrons. The second kappa shape index (κ2) is 9.00. The van der Waals surface area contributed by atoms with Gasteiger partial charge in [0.15, 0.2) is 17.5 Å². The summed E-state index contributed by atoms with van der Waals surface area (Å²) in [5.41, 5.74) is 6.97. The van der Waals surface area contributed by atoms with Crippen LogP contribution in [-0.2, 0) is 17.8 Å². The standard InChI is InChI=1S/C24H27N5O/c1-15-6-8-20(9-7-15)14-29-19(5)21(18(4)28-29)10-11-23(30)22(13-25)24-26-16(2)12-17(3)27-24/h6-9,12,22H,10-11,14H2,1-5H3. The zero-order valence-corrected chi connectivity index (χ0v) is 18.2. The smallest absolute Gasteiger partial charge is 0.164 e. The lowest BCUT2D eigenvalue weighted by Crippen LogP contribution is -2.16. The van der Waals surface area contributed by atoms with Crippen molar-refractivity contribution < 1.29 is 4.79 Å². The van der Waals surface area contributed by atoms with Crippen molar-refractivity contribution >= 4 is 5.78 Å². The number of nitrogens with zero attached hydrogens (tertiary/aromatic N) is 5. The molecule has 2 aromatic heterocycles. The molecule has 6 nitrogen and oxygen atoms in total. The van der Waals surface area contributed by atoms with Gasteiger partial charge in [0.25, 0.3) is 0 Å². The lowest BCUT2D eigenvalue weighted by atomic mass is 9.97. The molecule has 0 aliphatic heterocycles. The van der Waals surface area contributed by atoms with Crippen molar-refractivity contribution in [2.24, 2.45) is 0 Å². The maximum Gasteiger partial charge on any atom is 0.164 e. The number of ketones is 1. The van der Waals surface area contributed by atoms with Crippen molar-refractivity contribution in [2.45, 2.75) is 59.9 Å². The first-order chi connectivity index (χ1) is 14.3. The zero-order chi connectivity index (χ0) is 21.8. The predicted octanol–water partition coefficient (Wildman–Crippen LogP) is 4.07. The number of rotatable bonds is 7. The summed E-state index contributed by atoms with van der Waals surface area (Å²) in [5, 5.41) is 14.2. The highest BCUT2D eigenvalue weighted by Crippen LogP contribution is 2.20. The third kappa shape index (κ3) is 4.80. The van der Waals surface area contributed by atoms with E-state index in [1.807, 2.05) is 38.4 Å². The van der Waals surface area contributed by atoms with Gasteiger partial charge in [0.2, 0.25) is 0 Å². The number of hydrogen-bond acceptors (Lipinski definition) is 5. The second-order valence-electron chi connectivity index (χ2n) is 7.83. The van der Waals surface area contributed by atoms with Gasteiger partial charge < -0.3 is 0 Å². The molecule has 0 spiro atoms. The van der Waals surface area contributed by atoms with Gasteiger partial charge in [-0.3, -0.25) is 9.48 Å². The van der Waals surface area contributed by atoms with E-state index in [9.17, 15) is 10.1 Å². The number of carbonyl (C=O) groups is 1. The van der Waals surface area contributed by atoms with E-state index < -0.39 is 5.92 Å². The van der Waals surface area contributed by atoms with Crippen molar-refractivity contribution in [3.8, 4) is 6.07 Å². The molecule has 154 valence electrons. The fourth-order valence-electron chi connectivity index (χ4n) is 3.66. The Morgan fingerprint density at radius 1 is 1.07 bits per heavy atom. The van der Waals surface area contributed by atoms with Crippen molar-refractivity contribution in [1.29, 1.82) is 5.26 Å². The summed E-state index contributed by atoms with van der Waals surface area (Å²) in [7, 11) is 0. The Morgan fingerprint density at radius 3 is 2.30 bits per heavy atom. The van der Waals surface area contributed by atoms with Crippen LogP contribution in [0, 0.1) is 45.9 Å². The molecule has 1 atom stereocenters. The van der Waals surface area contributed by atoms with Crippen molar-refractivity contribution in [3.05, 3.63) is 75.6 Å². The SMILES string of the molecule is Cc1ccc(Cn2nc(C)c(CCC(=O)C(C#N)c3nc(C)cc(C)n3)c2C)cc1. The maximum atomic E-state index is 12.8. The third-order valence-corrected chi connectivity index (χ3v) is 5.31. The maximum absolute atomic E-state index is 12.8. The molecule has 3 aromatic rings. The highest BCUT2D eigenvalue weighted by Gasteiger charge is 2.24. The van der Waals surface area contributed by atoms with Gasteiger partial charge in [0.05, 0.1) is 18.3 Å².